The van der Waals surface area contributed by atoms with Crippen LogP contribution in [0.25, 0.3) is 0 Å². The third kappa shape index (κ3) is 2.92. The summed E-state index contributed by atoms with van der Waals surface area (Å²) < 4.78 is 4.90. The van der Waals surface area contributed by atoms with E-state index in [0.29, 0.717) is 10.9 Å². The normalized spacial score (nSPS) is 19.9. The highest BCUT2D eigenvalue weighted by atomic mass is 32.1. The van der Waals surface area contributed by atoms with Crippen LogP contribution in [0.2, 0.25) is 0 Å². The summed E-state index contributed by atoms with van der Waals surface area (Å²) in [5.74, 6) is 0.276. The van der Waals surface area contributed by atoms with Crippen LogP contribution in [0.5, 0.6) is 0 Å². The van der Waals surface area contributed by atoms with Gasteiger partial charge in [0.1, 0.15) is 6.10 Å². The molecule has 1 saturated carbocycles. The molecule has 0 aromatic heterocycles. The summed E-state index contributed by atoms with van der Waals surface area (Å²) in [6.07, 6.45) is 1.72. The van der Waals surface area contributed by atoms with Crippen molar-refractivity contribution in [2.75, 3.05) is 7.11 Å². The molecule has 0 aliphatic heterocycles. The number of nitrogens with one attached hydrogen (secondary N) is 1. The SMILES string of the molecule is COC(C)C(=O)NC(C(N)=S)C1CC1. The Morgan fingerprint density at radius 3 is 2.57 bits per heavy atom. The molecule has 3 N–H and O–H groups in total. The fourth-order valence-corrected chi connectivity index (χ4v) is 1.48. The monoisotopic (exact) mass is 216 g/mol. The van der Waals surface area contributed by atoms with E-state index in [9.17, 15) is 4.79 Å². The van der Waals surface area contributed by atoms with Crippen molar-refractivity contribution < 1.29 is 9.53 Å². The van der Waals surface area contributed by atoms with Crippen LogP contribution in [-0.2, 0) is 9.53 Å². The predicted molar refractivity (Wildman–Crippen MR) is 57.9 cm³/mol. The van der Waals surface area contributed by atoms with Gasteiger partial charge in [-0.1, -0.05) is 12.2 Å². The molecule has 1 amide bonds. The number of methoxy groups -OCH3 is 1. The Kier molecular flexibility index (Phi) is 3.83. The number of carbonyl (C=O) groups is 1. The van der Waals surface area contributed by atoms with Crippen LogP contribution in [0.15, 0.2) is 0 Å². The molecule has 2 unspecified atom stereocenters. The average molecular weight is 216 g/mol. The van der Waals surface area contributed by atoms with Gasteiger partial charge < -0.3 is 15.8 Å². The van der Waals surface area contributed by atoms with Crippen molar-refractivity contribution in [1.82, 2.24) is 5.32 Å². The third-order valence-corrected chi connectivity index (χ3v) is 2.67. The minimum absolute atomic E-state index is 0.155. The van der Waals surface area contributed by atoms with Gasteiger partial charge in [0.15, 0.2) is 0 Å². The molecule has 14 heavy (non-hydrogen) atoms. The van der Waals surface area contributed by atoms with Crippen LogP contribution in [0.3, 0.4) is 0 Å². The van der Waals surface area contributed by atoms with Gasteiger partial charge in [0.2, 0.25) is 5.91 Å². The van der Waals surface area contributed by atoms with Gasteiger partial charge in [-0.05, 0) is 25.7 Å². The summed E-state index contributed by atoms with van der Waals surface area (Å²) in [4.78, 5) is 11.8. The van der Waals surface area contributed by atoms with E-state index in [0.717, 1.165) is 12.8 Å². The summed E-state index contributed by atoms with van der Waals surface area (Å²) in [6.45, 7) is 1.69. The lowest BCUT2D eigenvalue weighted by atomic mass is 10.2. The molecule has 0 spiro atoms. The lowest BCUT2D eigenvalue weighted by Gasteiger charge is -2.18. The van der Waals surface area contributed by atoms with Crippen LogP contribution in [0, 0.1) is 5.92 Å². The maximum Gasteiger partial charge on any atom is 0.249 e. The zero-order valence-corrected chi connectivity index (χ0v) is 9.26. The zero-order valence-electron chi connectivity index (χ0n) is 8.45. The Morgan fingerprint density at radius 1 is 1.64 bits per heavy atom. The van der Waals surface area contributed by atoms with Gasteiger partial charge in [-0.2, -0.15) is 0 Å². The second-order valence-corrected chi connectivity index (χ2v) is 4.08. The average Bonchev–Trinajstić information content (AvgIpc) is 2.95. The van der Waals surface area contributed by atoms with Crippen molar-refractivity contribution in [3.8, 4) is 0 Å². The molecule has 0 saturated heterocycles. The number of rotatable bonds is 5. The smallest absolute Gasteiger partial charge is 0.249 e. The number of carbonyl (C=O) groups excluding carboxylic acids is 1. The van der Waals surface area contributed by atoms with Crippen molar-refractivity contribution in [1.29, 1.82) is 0 Å². The molecule has 1 rings (SSSR count). The van der Waals surface area contributed by atoms with Crippen LogP contribution in [0.4, 0.5) is 0 Å². The Labute approximate surface area is 89.2 Å². The fourth-order valence-electron chi connectivity index (χ4n) is 1.23. The molecule has 2 atom stereocenters. The van der Waals surface area contributed by atoms with Crippen LogP contribution >= 0.6 is 12.2 Å². The largest absolute Gasteiger partial charge is 0.392 e. The number of nitrogens with two attached hydrogens (primary N) is 1. The maximum absolute atomic E-state index is 11.5. The second-order valence-electron chi connectivity index (χ2n) is 3.60. The Morgan fingerprint density at radius 2 is 2.21 bits per heavy atom. The first-order valence-electron chi connectivity index (χ1n) is 4.68. The molecule has 80 valence electrons. The van der Waals surface area contributed by atoms with Gasteiger partial charge >= 0.3 is 0 Å². The molecule has 4 nitrogen and oxygen atoms in total. The number of ether oxygens (including phenoxy) is 1. The molecule has 1 aliphatic rings. The molecule has 0 radical (unpaired) electrons. The summed E-state index contributed by atoms with van der Waals surface area (Å²) in [5.41, 5.74) is 5.54. The molecular weight excluding hydrogens is 200 g/mol. The van der Waals surface area contributed by atoms with E-state index in [1.54, 1.807) is 6.92 Å². The van der Waals surface area contributed by atoms with Crippen molar-refractivity contribution in [2.24, 2.45) is 11.7 Å². The van der Waals surface area contributed by atoms with Crippen molar-refractivity contribution in [3.63, 3.8) is 0 Å². The van der Waals surface area contributed by atoms with E-state index in [-0.39, 0.29) is 11.9 Å². The molecule has 1 fully saturated rings. The first-order valence-corrected chi connectivity index (χ1v) is 5.09. The molecule has 0 heterocycles. The van der Waals surface area contributed by atoms with Crippen molar-refractivity contribution in [3.05, 3.63) is 0 Å². The van der Waals surface area contributed by atoms with Gasteiger partial charge in [-0.3, -0.25) is 4.79 Å². The van der Waals surface area contributed by atoms with Crippen LogP contribution < -0.4 is 11.1 Å². The summed E-state index contributed by atoms with van der Waals surface area (Å²) >= 11 is 4.90. The summed E-state index contributed by atoms with van der Waals surface area (Å²) in [6, 6.07) is -0.157. The lowest BCUT2D eigenvalue weighted by Crippen LogP contribution is -2.48. The number of amides is 1. The van der Waals surface area contributed by atoms with Crippen molar-refractivity contribution >= 4 is 23.1 Å². The first-order chi connectivity index (χ1) is 6.56. The molecule has 0 bridgehead atoms. The van der Waals surface area contributed by atoms with E-state index in [4.69, 9.17) is 22.7 Å². The predicted octanol–water partition coefficient (Wildman–Crippen LogP) is 0.202. The van der Waals surface area contributed by atoms with Crippen LogP contribution in [-0.4, -0.2) is 30.2 Å². The van der Waals surface area contributed by atoms with Gasteiger partial charge in [0, 0.05) is 7.11 Å². The standard InChI is InChI=1S/C9H16N2O2S/c1-5(13-2)9(12)11-7(8(10)14)6-3-4-6/h5-7H,3-4H2,1-2H3,(H2,10,14)(H,11,12). The summed E-state index contributed by atoms with van der Waals surface area (Å²) in [5, 5.41) is 2.80. The first kappa shape index (κ1) is 11.4. The second kappa shape index (κ2) is 4.70. The molecular formula is C9H16N2O2S. The maximum atomic E-state index is 11.5. The Balaban J connectivity index is 2.46. The highest BCUT2D eigenvalue weighted by Gasteiger charge is 2.34. The van der Waals surface area contributed by atoms with E-state index < -0.39 is 6.10 Å². The fraction of sp³-hybridized carbons (Fsp3) is 0.778. The molecule has 1 aliphatic carbocycles. The zero-order chi connectivity index (χ0) is 10.7. The van der Waals surface area contributed by atoms with Crippen molar-refractivity contribution in [2.45, 2.75) is 31.9 Å². The van der Waals surface area contributed by atoms with Gasteiger partial charge in [-0.25, -0.2) is 0 Å². The Bertz CT molecular complexity index is 241. The van der Waals surface area contributed by atoms with E-state index in [1.165, 1.54) is 7.11 Å². The topological polar surface area (TPSA) is 64.3 Å². The van der Waals surface area contributed by atoms with Gasteiger partial charge in [-0.15, -0.1) is 0 Å². The minimum Gasteiger partial charge on any atom is -0.392 e. The third-order valence-electron chi connectivity index (χ3n) is 2.42. The molecule has 0 aromatic rings. The number of hydrogen-bond acceptors (Lipinski definition) is 3. The van der Waals surface area contributed by atoms with Gasteiger partial charge in [0.25, 0.3) is 0 Å². The van der Waals surface area contributed by atoms with Gasteiger partial charge in [0.05, 0.1) is 11.0 Å². The lowest BCUT2D eigenvalue weighted by molar-refractivity contribution is -0.130. The highest BCUT2D eigenvalue weighted by Crippen LogP contribution is 2.32. The quantitative estimate of drug-likeness (QED) is 0.644. The summed E-state index contributed by atoms with van der Waals surface area (Å²) in [7, 11) is 1.50. The number of hydrogen-bond donors (Lipinski definition) is 2. The molecule has 5 heteroatoms. The van der Waals surface area contributed by atoms with E-state index in [1.807, 2.05) is 0 Å². The molecule has 0 aromatic carbocycles. The highest BCUT2D eigenvalue weighted by molar-refractivity contribution is 7.80. The minimum atomic E-state index is -0.453. The number of thiocarbonyl (C=S) groups is 1. The van der Waals surface area contributed by atoms with E-state index >= 15 is 0 Å². The van der Waals surface area contributed by atoms with Crippen LogP contribution in [0.1, 0.15) is 19.8 Å². The Hall–Kier alpha value is -0.680. The van der Waals surface area contributed by atoms with E-state index in [2.05, 4.69) is 5.32 Å².